The molecule has 0 fully saturated rings. The molecule has 7 nitrogen and oxygen atoms in total. The lowest BCUT2D eigenvalue weighted by Gasteiger charge is -2.23. The largest absolute Gasteiger partial charge is 0.426 e. The number of amides is 1. The zero-order valence-corrected chi connectivity index (χ0v) is 13.8. The van der Waals surface area contributed by atoms with Gasteiger partial charge in [0, 0.05) is 18.5 Å². The van der Waals surface area contributed by atoms with Crippen molar-refractivity contribution in [3.8, 4) is 11.7 Å². The molecule has 7 heteroatoms. The van der Waals surface area contributed by atoms with E-state index >= 15 is 0 Å². The summed E-state index contributed by atoms with van der Waals surface area (Å²) >= 11 is 0. The highest BCUT2D eigenvalue weighted by Gasteiger charge is 2.23. The molecule has 1 atom stereocenters. The molecular formula is C18H18N4O3. The normalized spacial score (nSPS) is 16.3. The Morgan fingerprint density at radius 1 is 1.28 bits per heavy atom. The second kappa shape index (κ2) is 6.43. The summed E-state index contributed by atoms with van der Waals surface area (Å²) in [7, 11) is 0. The van der Waals surface area contributed by atoms with E-state index in [1.807, 2.05) is 41.9 Å². The van der Waals surface area contributed by atoms with Gasteiger partial charge in [-0.15, -0.1) is 0 Å². The molecule has 1 aromatic carbocycles. The van der Waals surface area contributed by atoms with Gasteiger partial charge in [-0.05, 0) is 31.5 Å². The van der Waals surface area contributed by atoms with Gasteiger partial charge < -0.3 is 14.5 Å². The van der Waals surface area contributed by atoms with E-state index in [2.05, 4.69) is 15.4 Å². The van der Waals surface area contributed by atoms with Crippen LogP contribution in [0.25, 0.3) is 0 Å². The van der Waals surface area contributed by atoms with E-state index in [0.717, 1.165) is 24.5 Å². The number of rotatable bonds is 4. The van der Waals surface area contributed by atoms with Gasteiger partial charge in [0.25, 0.3) is 11.9 Å². The molecule has 25 heavy (non-hydrogen) atoms. The van der Waals surface area contributed by atoms with Crippen LogP contribution in [0.4, 0.5) is 0 Å². The summed E-state index contributed by atoms with van der Waals surface area (Å²) in [5.74, 6) is 2.65. The Balaban J connectivity index is 1.39. The Labute approximate surface area is 144 Å². The van der Waals surface area contributed by atoms with Crippen LogP contribution in [0.1, 0.15) is 28.6 Å². The molecule has 0 saturated heterocycles. The highest BCUT2D eigenvalue weighted by Crippen LogP contribution is 2.23. The molecule has 0 radical (unpaired) electrons. The lowest BCUT2D eigenvalue weighted by atomic mass is 10.1. The molecule has 0 spiro atoms. The second-order valence-electron chi connectivity index (χ2n) is 6.00. The van der Waals surface area contributed by atoms with Gasteiger partial charge in [-0.3, -0.25) is 4.79 Å². The van der Waals surface area contributed by atoms with Crippen LogP contribution in [0, 0.1) is 6.92 Å². The smallest absolute Gasteiger partial charge is 0.290 e. The van der Waals surface area contributed by atoms with Gasteiger partial charge in [-0.2, -0.15) is 5.10 Å². The molecule has 1 amide bonds. The highest BCUT2D eigenvalue weighted by atomic mass is 16.6. The zero-order chi connectivity index (χ0) is 17.2. The average molecular weight is 338 g/mol. The highest BCUT2D eigenvalue weighted by molar-refractivity contribution is 5.91. The number of carbonyl (C=O) groups is 1. The number of aromatic nitrogens is 3. The van der Waals surface area contributed by atoms with Crippen molar-refractivity contribution in [2.75, 3.05) is 0 Å². The average Bonchev–Trinajstić information content (AvgIpc) is 3.21. The first-order chi connectivity index (χ1) is 12.2. The number of hydrogen-bond acceptors (Lipinski definition) is 5. The molecule has 3 heterocycles. The van der Waals surface area contributed by atoms with Crippen LogP contribution in [0.3, 0.4) is 0 Å². The number of hydrogen-bond donors (Lipinski definition) is 1. The SMILES string of the molecule is Cc1nc2n(n1)CC(NC(=O)c1ccc(Oc3ccccc3)o1)CC2. The van der Waals surface area contributed by atoms with Gasteiger partial charge in [-0.25, -0.2) is 9.67 Å². The maximum atomic E-state index is 12.4. The fraction of sp³-hybridized carbons (Fsp3) is 0.278. The lowest BCUT2D eigenvalue weighted by molar-refractivity contribution is 0.0893. The van der Waals surface area contributed by atoms with Crippen molar-refractivity contribution in [3.63, 3.8) is 0 Å². The minimum absolute atomic E-state index is 0.00434. The van der Waals surface area contributed by atoms with Crippen molar-refractivity contribution in [2.24, 2.45) is 0 Å². The van der Waals surface area contributed by atoms with Crippen molar-refractivity contribution in [1.29, 1.82) is 0 Å². The fourth-order valence-corrected chi connectivity index (χ4v) is 2.91. The maximum Gasteiger partial charge on any atom is 0.290 e. The fourth-order valence-electron chi connectivity index (χ4n) is 2.91. The van der Waals surface area contributed by atoms with Gasteiger partial charge in [0.05, 0.1) is 6.54 Å². The summed E-state index contributed by atoms with van der Waals surface area (Å²) < 4.78 is 12.9. The third-order valence-corrected chi connectivity index (χ3v) is 4.07. The molecule has 1 aliphatic rings. The van der Waals surface area contributed by atoms with Crippen molar-refractivity contribution < 1.29 is 13.9 Å². The monoisotopic (exact) mass is 338 g/mol. The molecule has 0 saturated carbocycles. The quantitative estimate of drug-likeness (QED) is 0.791. The van der Waals surface area contributed by atoms with Gasteiger partial charge >= 0.3 is 0 Å². The van der Waals surface area contributed by atoms with Gasteiger partial charge in [-0.1, -0.05) is 18.2 Å². The Hall–Kier alpha value is -3.09. The topological polar surface area (TPSA) is 82.2 Å². The second-order valence-corrected chi connectivity index (χ2v) is 6.00. The predicted octanol–water partition coefficient (Wildman–Crippen LogP) is 2.72. The van der Waals surface area contributed by atoms with Crippen LogP contribution in [-0.4, -0.2) is 26.7 Å². The molecule has 3 aromatic rings. The summed E-state index contributed by atoms with van der Waals surface area (Å²) in [4.78, 5) is 16.8. The zero-order valence-electron chi connectivity index (χ0n) is 13.8. The number of aryl methyl sites for hydroxylation is 2. The van der Waals surface area contributed by atoms with E-state index in [-0.39, 0.29) is 23.7 Å². The number of benzene rings is 1. The lowest BCUT2D eigenvalue weighted by Crippen LogP contribution is -2.41. The van der Waals surface area contributed by atoms with E-state index in [0.29, 0.717) is 12.3 Å². The first-order valence-electron chi connectivity index (χ1n) is 8.21. The van der Waals surface area contributed by atoms with E-state index < -0.39 is 0 Å². The number of nitrogens with one attached hydrogen (secondary N) is 1. The predicted molar refractivity (Wildman–Crippen MR) is 89.6 cm³/mol. The van der Waals surface area contributed by atoms with Crippen molar-refractivity contribution >= 4 is 5.91 Å². The van der Waals surface area contributed by atoms with Crippen molar-refractivity contribution in [1.82, 2.24) is 20.1 Å². The molecule has 1 N–H and O–H groups in total. The van der Waals surface area contributed by atoms with Crippen molar-refractivity contribution in [2.45, 2.75) is 32.4 Å². The van der Waals surface area contributed by atoms with Crippen molar-refractivity contribution in [3.05, 3.63) is 59.9 Å². The van der Waals surface area contributed by atoms with Crippen LogP contribution in [0.15, 0.2) is 46.9 Å². The molecule has 1 unspecified atom stereocenters. The number of fused-ring (bicyclic) bond motifs is 1. The number of carbonyl (C=O) groups excluding carboxylic acids is 1. The molecule has 0 bridgehead atoms. The first kappa shape index (κ1) is 15.4. The van der Waals surface area contributed by atoms with Crippen LogP contribution in [-0.2, 0) is 13.0 Å². The molecule has 128 valence electrons. The molecular weight excluding hydrogens is 320 g/mol. The standard InChI is InChI=1S/C18H18N4O3/c1-12-19-16-9-7-13(11-22(16)21-12)20-18(23)15-8-10-17(25-15)24-14-5-3-2-4-6-14/h2-6,8,10,13H,7,9,11H2,1H3,(H,20,23). The summed E-state index contributed by atoms with van der Waals surface area (Å²) in [6.45, 7) is 2.49. The number of furan rings is 1. The summed E-state index contributed by atoms with van der Waals surface area (Å²) in [5, 5.41) is 7.33. The third-order valence-electron chi connectivity index (χ3n) is 4.07. The summed E-state index contributed by atoms with van der Waals surface area (Å²) in [6.07, 6.45) is 1.63. The van der Waals surface area contributed by atoms with Gasteiger partial charge in [0.15, 0.2) is 5.76 Å². The van der Waals surface area contributed by atoms with Crippen LogP contribution in [0.2, 0.25) is 0 Å². The van der Waals surface area contributed by atoms with E-state index in [4.69, 9.17) is 9.15 Å². The summed E-state index contributed by atoms with van der Waals surface area (Å²) in [6, 6.07) is 12.5. The Kier molecular flexibility index (Phi) is 3.97. The van der Waals surface area contributed by atoms with E-state index in [9.17, 15) is 4.79 Å². The molecule has 4 rings (SSSR count). The molecule has 0 aliphatic carbocycles. The maximum absolute atomic E-state index is 12.4. The first-order valence-corrected chi connectivity index (χ1v) is 8.21. The number of ether oxygens (including phenoxy) is 1. The van der Waals surface area contributed by atoms with Gasteiger partial charge in [0.1, 0.15) is 17.4 Å². The Morgan fingerprint density at radius 3 is 2.96 bits per heavy atom. The minimum atomic E-state index is -0.256. The van der Waals surface area contributed by atoms with Crippen LogP contribution in [0.5, 0.6) is 11.7 Å². The minimum Gasteiger partial charge on any atom is -0.426 e. The Morgan fingerprint density at radius 2 is 2.12 bits per heavy atom. The number of para-hydroxylation sites is 1. The van der Waals surface area contributed by atoms with E-state index in [1.54, 1.807) is 12.1 Å². The van der Waals surface area contributed by atoms with Gasteiger partial charge in [0.2, 0.25) is 0 Å². The van der Waals surface area contributed by atoms with Crippen LogP contribution < -0.4 is 10.1 Å². The van der Waals surface area contributed by atoms with E-state index in [1.165, 1.54) is 0 Å². The third kappa shape index (κ3) is 3.40. The summed E-state index contributed by atoms with van der Waals surface area (Å²) in [5.41, 5.74) is 0. The molecule has 2 aromatic heterocycles. The van der Waals surface area contributed by atoms with Crippen LogP contribution >= 0.6 is 0 Å². The Bertz CT molecular complexity index is 885. The number of nitrogens with zero attached hydrogens (tertiary/aromatic N) is 3. The molecule has 1 aliphatic heterocycles.